The molecule has 5 heteroatoms. The summed E-state index contributed by atoms with van der Waals surface area (Å²) in [5, 5.41) is 12.8. The van der Waals surface area contributed by atoms with Crippen LogP contribution in [0.25, 0.3) is 11.1 Å². The molecule has 0 bridgehead atoms. The van der Waals surface area contributed by atoms with Crippen LogP contribution in [0.2, 0.25) is 0 Å². The summed E-state index contributed by atoms with van der Waals surface area (Å²) in [7, 11) is 0. The lowest BCUT2D eigenvalue weighted by Gasteiger charge is -2.06. The molecular weight excluding hydrogens is 249 g/mol. The van der Waals surface area contributed by atoms with Gasteiger partial charge in [0.25, 0.3) is 0 Å². The van der Waals surface area contributed by atoms with Crippen LogP contribution in [0.15, 0.2) is 22.7 Å². The molecule has 0 aliphatic heterocycles. The Balaban J connectivity index is 2.65. The zero-order valence-electron chi connectivity index (χ0n) is 10.9. The largest absolute Gasteiger partial charge is 0.478 e. The lowest BCUT2D eigenvalue weighted by Crippen LogP contribution is -1.99. The highest BCUT2D eigenvalue weighted by atomic mass is 19.1. The van der Waals surface area contributed by atoms with Crippen molar-refractivity contribution in [2.75, 3.05) is 0 Å². The maximum Gasteiger partial charge on any atom is 0.335 e. The number of aryl methyl sites for hydroxylation is 1. The number of hydrogen-bond donors (Lipinski definition) is 1. The van der Waals surface area contributed by atoms with Gasteiger partial charge in [-0.25, -0.2) is 9.18 Å². The molecule has 0 aliphatic carbocycles. The Bertz CT molecular complexity index is 632. The Kier molecular flexibility index (Phi) is 3.38. The van der Waals surface area contributed by atoms with Gasteiger partial charge in [-0.3, -0.25) is 0 Å². The average molecular weight is 263 g/mol. The summed E-state index contributed by atoms with van der Waals surface area (Å²) >= 11 is 0. The van der Waals surface area contributed by atoms with E-state index >= 15 is 0 Å². The Morgan fingerprint density at radius 3 is 2.63 bits per heavy atom. The number of carboxylic acid groups (broad SMARTS) is 1. The third kappa shape index (κ3) is 2.50. The number of nitrogens with zero attached hydrogens (tertiary/aromatic N) is 1. The number of benzene rings is 1. The molecule has 0 unspecified atom stereocenters. The summed E-state index contributed by atoms with van der Waals surface area (Å²) in [6.07, 6.45) is 0. The molecule has 1 aromatic heterocycles. The topological polar surface area (TPSA) is 63.3 Å². The molecule has 2 aromatic rings. The molecule has 0 radical (unpaired) electrons. The third-order valence-corrected chi connectivity index (χ3v) is 2.85. The Morgan fingerprint density at radius 2 is 2.05 bits per heavy atom. The number of hydrogen-bond acceptors (Lipinski definition) is 3. The zero-order valence-corrected chi connectivity index (χ0v) is 10.9. The van der Waals surface area contributed by atoms with Gasteiger partial charge in [-0.2, -0.15) is 0 Å². The van der Waals surface area contributed by atoms with Crippen LogP contribution in [-0.2, 0) is 0 Å². The van der Waals surface area contributed by atoms with Crippen molar-refractivity contribution in [1.82, 2.24) is 5.16 Å². The molecule has 1 heterocycles. The van der Waals surface area contributed by atoms with Gasteiger partial charge in [0.2, 0.25) is 0 Å². The molecule has 1 N–H and O–H groups in total. The first-order valence-electron chi connectivity index (χ1n) is 5.90. The van der Waals surface area contributed by atoms with E-state index in [2.05, 4.69) is 5.16 Å². The number of aromatic carboxylic acids is 1. The number of aromatic nitrogens is 1. The third-order valence-electron chi connectivity index (χ3n) is 2.85. The maximum absolute atomic E-state index is 13.5. The smallest absolute Gasteiger partial charge is 0.335 e. The normalized spacial score (nSPS) is 11.0. The Labute approximate surface area is 109 Å². The Hall–Kier alpha value is -2.17. The van der Waals surface area contributed by atoms with Gasteiger partial charge in [0.15, 0.2) is 0 Å². The van der Waals surface area contributed by atoms with Crippen molar-refractivity contribution in [2.45, 2.75) is 26.7 Å². The molecule has 0 atom stereocenters. The first kappa shape index (κ1) is 13.3. The monoisotopic (exact) mass is 263 g/mol. The van der Waals surface area contributed by atoms with E-state index in [9.17, 15) is 9.18 Å². The van der Waals surface area contributed by atoms with Gasteiger partial charge in [0, 0.05) is 11.5 Å². The minimum Gasteiger partial charge on any atom is -0.478 e. The highest BCUT2D eigenvalue weighted by molar-refractivity contribution is 5.89. The molecule has 0 saturated carbocycles. The highest BCUT2D eigenvalue weighted by Gasteiger charge is 2.19. The summed E-state index contributed by atoms with van der Waals surface area (Å²) in [5.74, 6) is -1.06. The summed E-state index contributed by atoms with van der Waals surface area (Å²) in [4.78, 5) is 11.0. The number of carbonyl (C=O) groups is 1. The maximum atomic E-state index is 13.5. The van der Waals surface area contributed by atoms with Gasteiger partial charge in [-0.1, -0.05) is 19.0 Å². The zero-order chi connectivity index (χ0) is 14.2. The first-order valence-corrected chi connectivity index (χ1v) is 5.90. The van der Waals surface area contributed by atoms with E-state index in [1.807, 2.05) is 13.8 Å². The van der Waals surface area contributed by atoms with Gasteiger partial charge in [-0.05, 0) is 30.7 Å². The molecule has 2 rings (SSSR count). The fraction of sp³-hybridized carbons (Fsp3) is 0.286. The molecule has 0 amide bonds. The van der Waals surface area contributed by atoms with Crippen molar-refractivity contribution in [3.8, 4) is 11.1 Å². The highest BCUT2D eigenvalue weighted by Crippen LogP contribution is 2.33. The lowest BCUT2D eigenvalue weighted by atomic mass is 9.97. The molecule has 4 nitrogen and oxygen atoms in total. The quantitative estimate of drug-likeness (QED) is 0.918. The molecular formula is C14H14FNO3. The van der Waals surface area contributed by atoms with Crippen LogP contribution >= 0.6 is 0 Å². The number of halogens is 1. The van der Waals surface area contributed by atoms with Crippen molar-refractivity contribution >= 4 is 5.97 Å². The standard InChI is InChI=1S/C14H14FNO3/c1-7(2)13-12(8(3)16-19-13)9-4-10(14(17)18)6-11(15)5-9/h4-7H,1-3H3,(H,17,18). The molecule has 0 spiro atoms. The second kappa shape index (κ2) is 4.84. The first-order chi connectivity index (χ1) is 8.90. The molecule has 0 fully saturated rings. The van der Waals surface area contributed by atoms with Crippen LogP contribution in [0.3, 0.4) is 0 Å². The SMILES string of the molecule is Cc1noc(C(C)C)c1-c1cc(F)cc(C(=O)O)c1. The van der Waals surface area contributed by atoms with Crippen LogP contribution in [-0.4, -0.2) is 16.2 Å². The van der Waals surface area contributed by atoms with E-state index in [1.165, 1.54) is 12.1 Å². The van der Waals surface area contributed by atoms with E-state index in [1.54, 1.807) is 6.92 Å². The fourth-order valence-corrected chi connectivity index (χ4v) is 1.99. The molecule has 1 aromatic carbocycles. The van der Waals surface area contributed by atoms with Crippen molar-refractivity contribution in [1.29, 1.82) is 0 Å². The number of carboxylic acids is 1. The summed E-state index contributed by atoms with van der Waals surface area (Å²) in [6, 6.07) is 3.71. The summed E-state index contributed by atoms with van der Waals surface area (Å²) < 4.78 is 18.8. The van der Waals surface area contributed by atoms with Gasteiger partial charge in [0.1, 0.15) is 11.6 Å². The van der Waals surface area contributed by atoms with Crippen LogP contribution < -0.4 is 0 Å². The molecule has 100 valence electrons. The molecule has 0 saturated heterocycles. The van der Waals surface area contributed by atoms with Crippen LogP contribution in [0.4, 0.5) is 4.39 Å². The van der Waals surface area contributed by atoms with E-state index in [0.717, 1.165) is 6.07 Å². The van der Waals surface area contributed by atoms with Crippen molar-refractivity contribution in [2.24, 2.45) is 0 Å². The van der Waals surface area contributed by atoms with Gasteiger partial charge >= 0.3 is 5.97 Å². The summed E-state index contributed by atoms with van der Waals surface area (Å²) in [5.41, 5.74) is 1.66. The van der Waals surface area contributed by atoms with Crippen LogP contribution in [0, 0.1) is 12.7 Å². The predicted molar refractivity (Wildman–Crippen MR) is 67.7 cm³/mol. The fourth-order valence-electron chi connectivity index (χ4n) is 1.99. The lowest BCUT2D eigenvalue weighted by molar-refractivity contribution is 0.0696. The van der Waals surface area contributed by atoms with Gasteiger partial charge in [-0.15, -0.1) is 0 Å². The molecule has 0 aliphatic rings. The summed E-state index contributed by atoms with van der Waals surface area (Å²) in [6.45, 7) is 5.61. The van der Waals surface area contributed by atoms with Gasteiger partial charge < -0.3 is 9.63 Å². The second-order valence-electron chi connectivity index (χ2n) is 4.70. The van der Waals surface area contributed by atoms with Crippen LogP contribution in [0.1, 0.15) is 41.6 Å². The molecule has 19 heavy (non-hydrogen) atoms. The second-order valence-corrected chi connectivity index (χ2v) is 4.70. The van der Waals surface area contributed by atoms with E-state index in [-0.39, 0.29) is 11.5 Å². The Morgan fingerprint density at radius 1 is 1.37 bits per heavy atom. The van der Waals surface area contributed by atoms with E-state index in [4.69, 9.17) is 9.63 Å². The minimum atomic E-state index is -1.17. The van der Waals surface area contributed by atoms with Gasteiger partial charge in [0.05, 0.1) is 11.3 Å². The van der Waals surface area contributed by atoms with E-state index in [0.29, 0.717) is 22.6 Å². The predicted octanol–water partition coefficient (Wildman–Crippen LogP) is 3.61. The average Bonchev–Trinajstić information content (AvgIpc) is 2.70. The van der Waals surface area contributed by atoms with Crippen molar-refractivity contribution in [3.05, 3.63) is 41.0 Å². The van der Waals surface area contributed by atoms with E-state index < -0.39 is 11.8 Å². The minimum absolute atomic E-state index is 0.0766. The van der Waals surface area contributed by atoms with Crippen LogP contribution in [0.5, 0.6) is 0 Å². The number of rotatable bonds is 3. The van der Waals surface area contributed by atoms with Crippen molar-refractivity contribution in [3.63, 3.8) is 0 Å². The van der Waals surface area contributed by atoms with Crippen molar-refractivity contribution < 1.29 is 18.8 Å².